The van der Waals surface area contributed by atoms with Gasteiger partial charge in [-0.05, 0) is 24.3 Å². The van der Waals surface area contributed by atoms with Crippen LogP contribution in [0.2, 0.25) is 0 Å². The van der Waals surface area contributed by atoms with E-state index in [4.69, 9.17) is 10.8 Å². The molecule has 0 saturated heterocycles. The summed E-state index contributed by atoms with van der Waals surface area (Å²) in [5.74, 6) is 0.203. The van der Waals surface area contributed by atoms with Crippen LogP contribution in [-0.4, -0.2) is 28.6 Å². The Morgan fingerprint density at radius 1 is 2.00 bits per heavy atom. The lowest BCUT2D eigenvalue weighted by Gasteiger charge is -2.02. The summed E-state index contributed by atoms with van der Waals surface area (Å²) in [5.41, 5.74) is 4.62. The molecule has 4 heteroatoms. The Hall–Kier alpha value is -0.220. The fourth-order valence-electron chi connectivity index (χ4n) is 1.02. The van der Waals surface area contributed by atoms with E-state index in [-0.39, 0.29) is 5.92 Å². The zero-order valence-corrected chi connectivity index (χ0v) is 6.65. The second kappa shape index (κ2) is 2.43. The number of hydrogen-bond donors (Lipinski definition) is 2. The summed E-state index contributed by atoms with van der Waals surface area (Å²) < 4.78 is 0. The van der Waals surface area contributed by atoms with E-state index in [1.54, 1.807) is 11.8 Å². The molecule has 3 N–H and O–H groups in total. The molecule has 1 rings (SSSR count). The highest BCUT2D eigenvalue weighted by molar-refractivity contribution is 7.98. The van der Waals surface area contributed by atoms with E-state index in [0.717, 1.165) is 5.75 Å². The minimum atomic E-state index is -0.886. The fraction of sp³-hybridized carbons (Fsp3) is 0.833. The molecule has 0 radical (unpaired) electrons. The van der Waals surface area contributed by atoms with Crippen LogP contribution in [-0.2, 0) is 4.79 Å². The second-order valence-corrected chi connectivity index (χ2v) is 3.61. The van der Waals surface area contributed by atoms with Crippen LogP contribution < -0.4 is 5.73 Å². The molecule has 0 bridgehead atoms. The van der Waals surface area contributed by atoms with E-state index in [0.29, 0.717) is 6.42 Å². The first-order valence-corrected chi connectivity index (χ1v) is 4.52. The van der Waals surface area contributed by atoms with E-state index in [1.807, 2.05) is 6.26 Å². The van der Waals surface area contributed by atoms with Gasteiger partial charge in [0.25, 0.3) is 0 Å². The summed E-state index contributed by atoms with van der Waals surface area (Å²) in [5, 5.41) is 8.58. The smallest absolute Gasteiger partial charge is 0.324 e. The lowest BCUT2D eigenvalue weighted by Crippen LogP contribution is -2.35. The summed E-state index contributed by atoms with van der Waals surface area (Å²) in [7, 11) is 0. The Balaban J connectivity index is 2.40. The first-order valence-electron chi connectivity index (χ1n) is 3.12. The molecule has 0 unspecified atom stereocenters. The Bertz CT molecular complexity index is 162. The largest absolute Gasteiger partial charge is 0.480 e. The molecule has 1 fully saturated rings. The van der Waals surface area contributed by atoms with Gasteiger partial charge in [-0.2, -0.15) is 11.8 Å². The molecule has 0 heterocycles. The number of carboxylic acid groups (broad SMARTS) is 1. The van der Waals surface area contributed by atoms with Gasteiger partial charge in [0.2, 0.25) is 0 Å². The van der Waals surface area contributed by atoms with Gasteiger partial charge in [-0.15, -0.1) is 0 Å². The summed E-state index contributed by atoms with van der Waals surface area (Å²) in [6.45, 7) is 0. The van der Waals surface area contributed by atoms with Gasteiger partial charge in [0.15, 0.2) is 0 Å². The average molecular weight is 161 g/mol. The summed E-state index contributed by atoms with van der Waals surface area (Å²) in [6.07, 6.45) is 2.60. The molecule has 3 nitrogen and oxygen atoms in total. The first-order chi connectivity index (χ1) is 4.61. The molecular weight excluding hydrogens is 150 g/mol. The van der Waals surface area contributed by atoms with Crippen LogP contribution in [0.3, 0.4) is 0 Å². The third-order valence-corrected chi connectivity index (χ3v) is 2.65. The van der Waals surface area contributed by atoms with Gasteiger partial charge in [-0.25, -0.2) is 0 Å². The Labute approximate surface area is 64.0 Å². The molecular formula is C6H11NO2S. The standard InChI is InChI=1S/C6H11NO2S/c1-10-3-4-2-6(4,7)5(8)9/h4H,2-3,7H2,1H3,(H,8,9)/t4-,6-/m0/s1. The maximum Gasteiger partial charge on any atom is 0.324 e. The lowest BCUT2D eigenvalue weighted by atomic mass is 10.2. The zero-order chi connectivity index (χ0) is 7.78. The van der Waals surface area contributed by atoms with Crippen LogP contribution in [0.25, 0.3) is 0 Å². The molecule has 1 aliphatic carbocycles. The zero-order valence-electron chi connectivity index (χ0n) is 5.83. The molecule has 10 heavy (non-hydrogen) atoms. The van der Waals surface area contributed by atoms with Crippen molar-refractivity contribution in [2.75, 3.05) is 12.0 Å². The van der Waals surface area contributed by atoms with Gasteiger partial charge < -0.3 is 10.8 Å². The van der Waals surface area contributed by atoms with Crippen molar-refractivity contribution in [2.24, 2.45) is 11.7 Å². The van der Waals surface area contributed by atoms with Gasteiger partial charge >= 0.3 is 5.97 Å². The predicted octanol–water partition coefficient (Wildman–Crippen LogP) is 0.151. The number of rotatable bonds is 3. The van der Waals surface area contributed by atoms with Crippen molar-refractivity contribution in [1.29, 1.82) is 0 Å². The van der Waals surface area contributed by atoms with Crippen LogP contribution in [0.15, 0.2) is 0 Å². The van der Waals surface area contributed by atoms with Crippen molar-refractivity contribution in [1.82, 2.24) is 0 Å². The number of hydrogen-bond acceptors (Lipinski definition) is 3. The summed E-state index contributed by atoms with van der Waals surface area (Å²) in [4.78, 5) is 10.4. The van der Waals surface area contributed by atoms with Crippen molar-refractivity contribution >= 4 is 17.7 Å². The van der Waals surface area contributed by atoms with Crippen molar-refractivity contribution in [3.05, 3.63) is 0 Å². The summed E-state index contributed by atoms with van der Waals surface area (Å²) >= 11 is 1.65. The lowest BCUT2D eigenvalue weighted by molar-refractivity contribution is -0.139. The highest BCUT2D eigenvalue weighted by Gasteiger charge is 2.56. The Morgan fingerprint density at radius 2 is 2.60 bits per heavy atom. The fourth-order valence-corrected chi connectivity index (χ4v) is 1.84. The normalized spacial score (nSPS) is 37.6. The molecule has 58 valence electrons. The van der Waals surface area contributed by atoms with E-state index in [1.165, 1.54) is 0 Å². The Kier molecular flexibility index (Phi) is 1.92. The van der Waals surface area contributed by atoms with E-state index in [9.17, 15) is 4.79 Å². The van der Waals surface area contributed by atoms with Gasteiger partial charge in [0, 0.05) is 0 Å². The van der Waals surface area contributed by atoms with Crippen molar-refractivity contribution in [3.8, 4) is 0 Å². The molecule has 0 aromatic carbocycles. The van der Waals surface area contributed by atoms with Crippen LogP contribution >= 0.6 is 11.8 Å². The maximum absolute atomic E-state index is 10.4. The first kappa shape index (κ1) is 7.88. The van der Waals surface area contributed by atoms with Gasteiger partial charge in [-0.3, -0.25) is 4.79 Å². The number of aliphatic carboxylic acids is 1. The second-order valence-electron chi connectivity index (χ2n) is 2.70. The minimum Gasteiger partial charge on any atom is -0.480 e. The highest BCUT2D eigenvalue weighted by Crippen LogP contribution is 2.42. The molecule has 1 aliphatic rings. The molecule has 0 aromatic heterocycles. The van der Waals surface area contributed by atoms with Gasteiger partial charge in [0.05, 0.1) is 0 Å². The molecule has 0 amide bonds. The molecule has 2 atom stereocenters. The highest BCUT2D eigenvalue weighted by atomic mass is 32.2. The summed E-state index contributed by atoms with van der Waals surface area (Å²) in [6, 6.07) is 0. The molecule has 1 saturated carbocycles. The SMILES string of the molecule is CSC[C@@H]1C[C@@]1(N)C(=O)O. The third-order valence-electron chi connectivity index (χ3n) is 1.92. The van der Waals surface area contributed by atoms with Crippen molar-refractivity contribution in [3.63, 3.8) is 0 Å². The maximum atomic E-state index is 10.4. The topological polar surface area (TPSA) is 63.3 Å². The van der Waals surface area contributed by atoms with Crippen LogP contribution in [0, 0.1) is 5.92 Å². The van der Waals surface area contributed by atoms with Crippen LogP contribution in [0.1, 0.15) is 6.42 Å². The quantitative estimate of drug-likeness (QED) is 0.618. The predicted molar refractivity (Wildman–Crippen MR) is 41.0 cm³/mol. The molecule has 0 aliphatic heterocycles. The number of thioether (sulfide) groups is 1. The minimum absolute atomic E-state index is 0.194. The van der Waals surface area contributed by atoms with Crippen molar-refractivity contribution < 1.29 is 9.90 Å². The van der Waals surface area contributed by atoms with Gasteiger partial charge in [-0.1, -0.05) is 0 Å². The third kappa shape index (κ3) is 1.13. The number of carbonyl (C=O) groups is 1. The van der Waals surface area contributed by atoms with Gasteiger partial charge in [0.1, 0.15) is 5.54 Å². The van der Waals surface area contributed by atoms with Crippen LogP contribution in [0.5, 0.6) is 0 Å². The number of nitrogens with two attached hydrogens (primary N) is 1. The monoisotopic (exact) mass is 161 g/mol. The van der Waals surface area contributed by atoms with E-state index >= 15 is 0 Å². The van der Waals surface area contributed by atoms with Crippen molar-refractivity contribution in [2.45, 2.75) is 12.0 Å². The number of carboxylic acids is 1. The molecule has 0 spiro atoms. The molecule has 0 aromatic rings. The Morgan fingerprint density at radius 3 is 2.90 bits per heavy atom. The average Bonchev–Trinajstić information content (AvgIpc) is 2.45. The van der Waals surface area contributed by atoms with E-state index < -0.39 is 11.5 Å². The van der Waals surface area contributed by atoms with E-state index in [2.05, 4.69) is 0 Å². The van der Waals surface area contributed by atoms with Crippen LogP contribution in [0.4, 0.5) is 0 Å².